The monoisotopic (exact) mass is 297 g/mol. The molecule has 1 aromatic carbocycles. The molecule has 1 saturated carbocycles. The van der Waals surface area contributed by atoms with Gasteiger partial charge in [-0.25, -0.2) is 0 Å². The summed E-state index contributed by atoms with van der Waals surface area (Å²) in [6, 6.07) is 7.72. The van der Waals surface area contributed by atoms with Crippen molar-refractivity contribution >= 4 is 17.6 Å². The van der Waals surface area contributed by atoms with Crippen molar-refractivity contribution in [2.75, 3.05) is 13.2 Å². The molecule has 2 rings (SSSR count). The Balaban J connectivity index is 1.60. The van der Waals surface area contributed by atoms with Crippen LogP contribution >= 0.6 is 11.6 Å². The summed E-state index contributed by atoms with van der Waals surface area (Å²) >= 11 is 5.80. The van der Waals surface area contributed by atoms with E-state index in [0.29, 0.717) is 17.7 Å². The van der Waals surface area contributed by atoms with Crippen molar-refractivity contribution in [3.8, 4) is 5.75 Å². The minimum atomic E-state index is -0.658. The van der Waals surface area contributed by atoms with Crippen molar-refractivity contribution in [1.29, 1.82) is 0 Å². The Morgan fingerprint density at radius 2 is 1.90 bits per heavy atom. The number of carbonyl (C=O) groups is 1. The second kappa shape index (κ2) is 7.50. The summed E-state index contributed by atoms with van der Waals surface area (Å²) in [5.41, 5.74) is 0. The van der Waals surface area contributed by atoms with Crippen LogP contribution in [0.2, 0.25) is 5.02 Å². The van der Waals surface area contributed by atoms with Crippen LogP contribution in [0, 0.1) is 5.92 Å². The zero-order valence-corrected chi connectivity index (χ0v) is 12.1. The SMILES string of the molecule is O=C(O)C1CCC(NCCOc2ccc(Cl)cc2)CC1. The predicted octanol–water partition coefficient (Wildman–Crippen LogP) is 2.95. The van der Waals surface area contributed by atoms with Gasteiger partial charge in [-0.2, -0.15) is 0 Å². The van der Waals surface area contributed by atoms with Gasteiger partial charge in [-0.1, -0.05) is 11.6 Å². The average Bonchev–Trinajstić information content (AvgIpc) is 2.46. The van der Waals surface area contributed by atoms with Crippen LogP contribution in [0.3, 0.4) is 0 Å². The van der Waals surface area contributed by atoms with Crippen LogP contribution in [0.1, 0.15) is 25.7 Å². The lowest BCUT2D eigenvalue weighted by atomic mass is 9.86. The zero-order valence-electron chi connectivity index (χ0n) is 11.3. The van der Waals surface area contributed by atoms with Crippen molar-refractivity contribution in [2.24, 2.45) is 5.92 Å². The van der Waals surface area contributed by atoms with Gasteiger partial charge >= 0.3 is 5.97 Å². The number of nitrogens with one attached hydrogen (secondary N) is 1. The van der Waals surface area contributed by atoms with E-state index in [1.165, 1.54) is 0 Å². The van der Waals surface area contributed by atoms with Gasteiger partial charge < -0.3 is 15.2 Å². The van der Waals surface area contributed by atoms with E-state index in [4.69, 9.17) is 21.4 Å². The Morgan fingerprint density at radius 3 is 2.50 bits per heavy atom. The topological polar surface area (TPSA) is 58.6 Å². The molecule has 0 aliphatic heterocycles. The maximum Gasteiger partial charge on any atom is 0.306 e. The number of rotatable bonds is 6. The van der Waals surface area contributed by atoms with Gasteiger partial charge in [0.2, 0.25) is 0 Å². The van der Waals surface area contributed by atoms with Gasteiger partial charge in [0.1, 0.15) is 12.4 Å². The molecule has 0 heterocycles. The summed E-state index contributed by atoms with van der Waals surface area (Å²) in [5.74, 6) is -0.00123. The first-order valence-electron chi connectivity index (χ1n) is 6.99. The molecule has 0 aromatic heterocycles. The number of hydrogen-bond donors (Lipinski definition) is 2. The number of carboxylic acid groups (broad SMARTS) is 1. The Morgan fingerprint density at radius 1 is 1.25 bits per heavy atom. The molecule has 0 radical (unpaired) electrons. The largest absolute Gasteiger partial charge is 0.492 e. The minimum Gasteiger partial charge on any atom is -0.492 e. The number of aliphatic carboxylic acids is 1. The molecular weight excluding hydrogens is 278 g/mol. The Hall–Kier alpha value is -1.26. The highest BCUT2D eigenvalue weighted by molar-refractivity contribution is 6.30. The van der Waals surface area contributed by atoms with E-state index in [1.54, 1.807) is 12.1 Å². The number of carboxylic acids is 1. The summed E-state index contributed by atoms with van der Waals surface area (Å²) < 4.78 is 5.60. The van der Waals surface area contributed by atoms with Gasteiger partial charge in [-0.15, -0.1) is 0 Å². The normalized spacial score (nSPS) is 22.4. The highest BCUT2D eigenvalue weighted by atomic mass is 35.5. The van der Waals surface area contributed by atoms with Crippen molar-refractivity contribution < 1.29 is 14.6 Å². The van der Waals surface area contributed by atoms with E-state index < -0.39 is 5.97 Å². The summed E-state index contributed by atoms with van der Waals surface area (Å²) in [6.07, 6.45) is 3.39. The second-order valence-electron chi connectivity index (χ2n) is 5.14. The number of ether oxygens (including phenoxy) is 1. The van der Waals surface area contributed by atoms with Crippen molar-refractivity contribution in [1.82, 2.24) is 5.32 Å². The highest BCUT2D eigenvalue weighted by Gasteiger charge is 2.25. The van der Waals surface area contributed by atoms with Gasteiger partial charge in [-0.3, -0.25) is 4.79 Å². The minimum absolute atomic E-state index is 0.154. The molecule has 5 heteroatoms. The van der Waals surface area contributed by atoms with E-state index >= 15 is 0 Å². The Bertz CT molecular complexity index is 427. The molecule has 0 amide bonds. The summed E-state index contributed by atoms with van der Waals surface area (Å²) in [5, 5.41) is 13.1. The molecule has 2 N–H and O–H groups in total. The van der Waals surface area contributed by atoms with E-state index in [9.17, 15) is 4.79 Å². The predicted molar refractivity (Wildman–Crippen MR) is 78.3 cm³/mol. The standard InChI is InChI=1S/C15H20ClNO3/c16-12-3-7-14(8-4-12)20-10-9-17-13-5-1-11(2-6-13)15(18)19/h3-4,7-8,11,13,17H,1-2,5-6,9-10H2,(H,18,19). The number of benzene rings is 1. The van der Waals surface area contributed by atoms with Crippen LogP contribution in [0.5, 0.6) is 5.75 Å². The first-order chi connectivity index (χ1) is 9.65. The molecule has 0 atom stereocenters. The number of hydrogen-bond acceptors (Lipinski definition) is 3. The summed E-state index contributed by atoms with van der Waals surface area (Å²) in [6.45, 7) is 1.37. The van der Waals surface area contributed by atoms with Gasteiger partial charge in [0.25, 0.3) is 0 Å². The lowest BCUT2D eigenvalue weighted by molar-refractivity contribution is -0.142. The smallest absolute Gasteiger partial charge is 0.306 e. The molecule has 20 heavy (non-hydrogen) atoms. The molecule has 1 aromatic rings. The third-order valence-corrected chi connectivity index (χ3v) is 3.95. The zero-order chi connectivity index (χ0) is 14.4. The molecule has 4 nitrogen and oxygen atoms in total. The van der Waals surface area contributed by atoms with E-state index in [1.807, 2.05) is 12.1 Å². The second-order valence-corrected chi connectivity index (χ2v) is 5.58. The van der Waals surface area contributed by atoms with Gasteiger partial charge in [0.05, 0.1) is 5.92 Å². The lowest BCUT2D eigenvalue weighted by Crippen LogP contribution is -2.37. The van der Waals surface area contributed by atoms with Crippen LogP contribution in [0.4, 0.5) is 0 Å². The molecule has 0 bridgehead atoms. The number of halogens is 1. The van der Waals surface area contributed by atoms with Crippen LogP contribution in [-0.4, -0.2) is 30.3 Å². The molecule has 0 spiro atoms. The maximum absolute atomic E-state index is 10.9. The van der Waals surface area contributed by atoms with Crippen LogP contribution in [0.15, 0.2) is 24.3 Å². The van der Waals surface area contributed by atoms with E-state index in [0.717, 1.165) is 38.0 Å². The van der Waals surface area contributed by atoms with Crippen LogP contribution in [-0.2, 0) is 4.79 Å². The molecule has 0 unspecified atom stereocenters. The third-order valence-electron chi connectivity index (χ3n) is 3.69. The molecule has 0 saturated heterocycles. The first-order valence-corrected chi connectivity index (χ1v) is 7.37. The fraction of sp³-hybridized carbons (Fsp3) is 0.533. The lowest BCUT2D eigenvalue weighted by Gasteiger charge is -2.26. The Labute approximate surface area is 124 Å². The van der Waals surface area contributed by atoms with Crippen LogP contribution in [0.25, 0.3) is 0 Å². The molecule has 110 valence electrons. The highest BCUT2D eigenvalue weighted by Crippen LogP contribution is 2.24. The molecule has 1 aliphatic carbocycles. The summed E-state index contributed by atoms with van der Waals surface area (Å²) in [7, 11) is 0. The van der Waals surface area contributed by atoms with Gasteiger partial charge in [0, 0.05) is 17.6 Å². The van der Waals surface area contributed by atoms with Crippen LogP contribution < -0.4 is 10.1 Å². The van der Waals surface area contributed by atoms with E-state index in [2.05, 4.69) is 5.32 Å². The van der Waals surface area contributed by atoms with E-state index in [-0.39, 0.29) is 5.92 Å². The van der Waals surface area contributed by atoms with Crippen molar-refractivity contribution in [3.05, 3.63) is 29.3 Å². The summed E-state index contributed by atoms with van der Waals surface area (Å²) in [4.78, 5) is 10.9. The maximum atomic E-state index is 10.9. The average molecular weight is 298 g/mol. The fourth-order valence-electron chi connectivity index (χ4n) is 2.51. The van der Waals surface area contributed by atoms with Crippen molar-refractivity contribution in [2.45, 2.75) is 31.7 Å². The Kier molecular flexibility index (Phi) is 5.68. The third kappa shape index (κ3) is 4.69. The molecular formula is C15H20ClNO3. The van der Waals surface area contributed by atoms with Gasteiger partial charge in [-0.05, 0) is 49.9 Å². The fourth-order valence-corrected chi connectivity index (χ4v) is 2.63. The van der Waals surface area contributed by atoms with Gasteiger partial charge in [0.15, 0.2) is 0 Å². The quantitative estimate of drug-likeness (QED) is 0.793. The van der Waals surface area contributed by atoms with Crippen molar-refractivity contribution in [3.63, 3.8) is 0 Å². The molecule has 1 aliphatic rings. The molecule has 1 fully saturated rings. The first kappa shape index (κ1) is 15.1.